The molecule has 0 unspecified atom stereocenters. The lowest BCUT2D eigenvalue weighted by atomic mass is 9.96. The van der Waals surface area contributed by atoms with Crippen LogP contribution in [0, 0.1) is 11.3 Å². The van der Waals surface area contributed by atoms with Crippen molar-refractivity contribution < 1.29 is 4.79 Å². The van der Waals surface area contributed by atoms with Gasteiger partial charge in [0.25, 0.3) is 0 Å². The van der Waals surface area contributed by atoms with E-state index in [1.54, 1.807) is 0 Å². The number of nitrogens with zero attached hydrogens (tertiary/aromatic N) is 2. The number of piperidine rings is 1. The maximum Gasteiger partial charge on any atom is 0.225 e. The third-order valence-corrected chi connectivity index (χ3v) is 4.24. The number of carbonyl (C=O) groups is 1. The van der Waals surface area contributed by atoms with Gasteiger partial charge in [-0.2, -0.15) is 0 Å². The number of rotatable bonds is 7. The SMILES string of the molecule is CCNC(=NCCNC(=O)C(C)(C)C)NC1CCN(CC(C)C)CC1. The minimum absolute atomic E-state index is 0.0678. The Balaban J connectivity index is 2.37. The van der Waals surface area contributed by atoms with Crippen molar-refractivity contribution in [3.63, 3.8) is 0 Å². The van der Waals surface area contributed by atoms with Gasteiger partial charge < -0.3 is 20.9 Å². The van der Waals surface area contributed by atoms with Crippen molar-refractivity contribution in [2.75, 3.05) is 39.3 Å². The van der Waals surface area contributed by atoms with Gasteiger partial charge in [-0.3, -0.25) is 9.79 Å². The van der Waals surface area contributed by atoms with Gasteiger partial charge in [0.05, 0.1) is 6.54 Å². The Kier molecular flexibility index (Phi) is 9.25. The fourth-order valence-electron chi connectivity index (χ4n) is 2.89. The molecule has 0 aliphatic carbocycles. The molecular formula is C19H39N5O. The first-order chi connectivity index (χ1) is 11.7. The molecular weight excluding hydrogens is 314 g/mol. The van der Waals surface area contributed by atoms with E-state index >= 15 is 0 Å². The first-order valence-corrected chi connectivity index (χ1v) is 9.77. The minimum Gasteiger partial charge on any atom is -0.357 e. The van der Waals surface area contributed by atoms with Gasteiger partial charge in [0.15, 0.2) is 5.96 Å². The number of aliphatic imine (C=N–C) groups is 1. The van der Waals surface area contributed by atoms with E-state index in [1.165, 1.54) is 6.54 Å². The second kappa shape index (κ2) is 10.6. The highest BCUT2D eigenvalue weighted by Gasteiger charge is 2.21. The third kappa shape index (κ3) is 9.10. The van der Waals surface area contributed by atoms with Crippen LogP contribution in [0.4, 0.5) is 0 Å². The molecule has 1 fully saturated rings. The van der Waals surface area contributed by atoms with Gasteiger partial charge in [0, 0.05) is 44.2 Å². The zero-order chi connectivity index (χ0) is 18.9. The highest BCUT2D eigenvalue weighted by atomic mass is 16.2. The lowest BCUT2D eigenvalue weighted by molar-refractivity contribution is -0.128. The molecule has 25 heavy (non-hydrogen) atoms. The van der Waals surface area contributed by atoms with Crippen molar-refractivity contribution in [3.8, 4) is 0 Å². The van der Waals surface area contributed by atoms with E-state index < -0.39 is 0 Å². The Hall–Kier alpha value is -1.30. The second-order valence-corrected chi connectivity index (χ2v) is 8.38. The summed E-state index contributed by atoms with van der Waals surface area (Å²) in [6, 6.07) is 0.477. The van der Waals surface area contributed by atoms with Crippen molar-refractivity contribution >= 4 is 11.9 Å². The van der Waals surface area contributed by atoms with E-state index in [0.717, 1.165) is 44.4 Å². The van der Waals surface area contributed by atoms with Crippen molar-refractivity contribution in [1.29, 1.82) is 0 Å². The Morgan fingerprint density at radius 2 is 1.84 bits per heavy atom. The van der Waals surface area contributed by atoms with E-state index in [4.69, 9.17) is 0 Å². The first-order valence-electron chi connectivity index (χ1n) is 9.77. The molecule has 0 atom stereocenters. The summed E-state index contributed by atoms with van der Waals surface area (Å²) in [4.78, 5) is 19.0. The molecule has 1 aliphatic rings. The van der Waals surface area contributed by atoms with Gasteiger partial charge in [0.2, 0.25) is 5.91 Å². The van der Waals surface area contributed by atoms with E-state index in [0.29, 0.717) is 19.1 Å². The van der Waals surface area contributed by atoms with Crippen LogP contribution in [0.1, 0.15) is 54.4 Å². The topological polar surface area (TPSA) is 68.8 Å². The summed E-state index contributed by atoms with van der Waals surface area (Å²) in [6.45, 7) is 17.9. The van der Waals surface area contributed by atoms with Crippen LogP contribution < -0.4 is 16.0 Å². The molecule has 6 heteroatoms. The molecule has 0 spiro atoms. The molecule has 0 aromatic carbocycles. The van der Waals surface area contributed by atoms with Crippen LogP contribution in [-0.4, -0.2) is 62.1 Å². The molecule has 0 aromatic heterocycles. The molecule has 0 aromatic rings. The first kappa shape index (κ1) is 21.7. The Bertz CT molecular complexity index is 420. The molecule has 1 rings (SSSR count). The monoisotopic (exact) mass is 353 g/mol. The number of likely N-dealkylation sites (tertiary alicyclic amines) is 1. The van der Waals surface area contributed by atoms with Gasteiger partial charge in [-0.25, -0.2) is 0 Å². The molecule has 0 bridgehead atoms. The number of guanidine groups is 1. The zero-order valence-corrected chi connectivity index (χ0v) is 17.1. The van der Waals surface area contributed by atoms with Crippen LogP contribution >= 0.6 is 0 Å². The van der Waals surface area contributed by atoms with Crippen molar-refractivity contribution in [3.05, 3.63) is 0 Å². The molecule has 6 nitrogen and oxygen atoms in total. The van der Waals surface area contributed by atoms with Crippen molar-refractivity contribution in [2.45, 2.75) is 60.4 Å². The lowest BCUT2D eigenvalue weighted by Gasteiger charge is -2.34. The smallest absolute Gasteiger partial charge is 0.225 e. The van der Waals surface area contributed by atoms with Gasteiger partial charge in [-0.15, -0.1) is 0 Å². The number of carbonyl (C=O) groups excluding carboxylic acids is 1. The van der Waals surface area contributed by atoms with Crippen LogP contribution in [0.3, 0.4) is 0 Å². The molecule has 0 radical (unpaired) electrons. The van der Waals surface area contributed by atoms with Gasteiger partial charge >= 0.3 is 0 Å². The maximum absolute atomic E-state index is 11.9. The van der Waals surface area contributed by atoms with Crippen LogP contribution in [-0.2, 0) is 4.79 Å². The summed E-state index contributed by atoms with van der Waals surface area (Å²) in [7, 11) is 0. The standard InChI is InChI=1S/C19H39N5O/c1-7-20-18(22-11-10-21-17(25)19(4,5)6)23-16-8-12-24(13-9-16)14-15(2)3/h15-16H,7-14H2,1-6H3,(H,21,25)(H2,20,22,23). The quantitative estimate of drug-likeness (QED) is 0.371. The van der Waals surface area contributed by atoms with Gasteiger partial charge in [0.1, 0.15) is 0 Å². The van der Waals surface area contributed by atoms with Crippen LogP contribution in [0.15, 0.2) is 4.99 Å². The fourth-order valence-corrected chi connectivity index (χ4v) is 2.89. The Morgan fingerprint density at radius 1 is 1.20 bits per heavy atom. The van der Waals surface area contributed by atoms with Crippen LogP contribution in [0.5, 0.6) is 0 Å². The van der Waals surface area contributed by atoms with Gasteiger partial charge in [-0.05, 0) is 25.7 Å². The molecule has 146 valence electrons. The zero-order valence-electron chi connectivity index (χ0n) is 17.1. The minimum atomic E-state index is -0.351. The van der Waals surface area contributed by atoms with E-state index in [-0.39, 0.29) is 11.3 Å². The molecule has 1 aliphatic heterocycles. The van der Waals surface area contributed by atoms with E-state index in [9.17, 15) is 4.79 Å². The summed E-state index contributed by atoms with van der Waals surface area (Å²) >= 11 is 0. The Morgan fingerprint density at radius 3 is 2.36 bits per heavy atom. The lowest BCUT2D eigenvalue weighted by Crippen LogP contribution is -2.49. The molecule has 1 amide bonds. The summed E-state index contributed by atoms with van der Waals surface area (Å²) in [6.07, 6.45) is 2.30. The number of nitrogens with one attached hydrogen (secondary N) is 3. The van der Waals surface area contributed by atoms with E-state index in [2.05, 4.69) is 46.6 Å². The summed E-state index contributed by atoms with van der Waals surface area (Å²) in [5.74, 6) is 1.65. The summed E-state index contributed by atoms with van der Waals surface area (Å²) in [5.41, 5.74) is -0.351. The second-order valence-electron chi connectivity index (χ2n) is 8.38. The third-order valence-electron chi connectivity index (χ3n) is 4.24. The highest BCUT2D eigenvalue weighted by Crippen LogP contribution is 2.12. The summed E-state index contributed by atoms with van der Waals surface area (Å²) < 4.78 is 0. The largest absolute Gasteiger partial charge is 0.357 e. The molecule has 1 saturated heterocycles. The van der Waals surface area contributed by atoms with E-state index in [1.807, 2.05) is 20.8 Å². The average Bonchev–Trinajstić information content (AvgIpc) is 2.51. The average molecular weight is 354 g/mol. The fraction of sp³-hybridized carbons (Fsp3) is 0.895. The summed E-state index contributed by atoms with van der Waals surface area (Å²) in [5, 5.41) is 9.79. The molecule has 3 N–H and O–H groups in total. The maximum atomic E-state index is 11.9. The van der Waals surface area contributed by atoms with Crippen LogP contribution in [0.25, 0.3) is 0 Å². The predicted molar refractivity (Wildman–Crippen MR) is 106 cm³/mol. The van der Waals surface area contributed by atoms with Crippen molar-refractivity contribution in [2.24, 2.45) is 16.3 Å². The number of hydrogen-bond donors (Lipinski definition) is 3. The highest BCUT2D eigenvalue weighted by molar-refractivity contribution is 5.81. The number of amides is 1. The van der Waals surface area contributed by atoms with Gasteiger partial charge in [-0.1, -0.05) is 34.6 Å². The Labute approximate surface area is 154 Å². The number of hydrogen-bond acceptors (Lipinski definition) is 3. The predicted octanol–water partition coefficient (Wildman–Crippen LogP) is 1.82. The normalized spacial score (nSPS) is 17.6. The van der Waals surface area contributed by atoms with Crippen molar-refractivity contribution in [1.82, 2.24) is 20.9 Å². The molecule has 0 saturated carbocycles. The molecule has 1 heterocycles. The van der Waals surface area contributed by atoms with Crippen LogP contribution in [0.2, 0.25) is 0 Å².